The molecule has 7 heteroatoms. The highest BCUT2D eigenvalue weighted by atomic mass is 19.4. The van der Waals surface area contributed by atoms with Gasteiger partial charge in [0.05, 0.1) is 5.56 Å². The fraction of sp³-hybridized carbons (Fsp3) is 0.571. The lowest BCUT2D eigenvalue weighted by molar-refractivity contribution is -0.141. The first-order valence-electron chi connectivity index (χ1n) is 6.93. The van der Waals surface area contributed by atoms with Crippen molar-refractivity contribution < 1.29 is 18.0 Å². The molecule has 0 radical (unpaired) electrons. The monoisotopic (exact) mass is 299 g/mol. The van der Waals surface area contributed by atoms with Crippen molar-refractivity contribution in [3.8, 4) is 0 Å². The molecule has 2 saturated heterocycles. The van der Waals surface area contributed by atoms with Crippen molar-refractivity contribution in [3.63, 3.8) is 0 Å². The summed E-state index contributed by atoms with van der Waals surface area (Å²) in [6.07, 6.45) is -3.46. The lowest BCUT2D eigenvalue weighted by Gasteiger charge is -2.24. The van der Waals surface area contributed by atoms with Gasteiger partial charge in [0.15, 0.2) is 0 Å². The van der Waals surface area contributed by atoms with E-state index in [-0.39, 0.29) is 17.5 Å². The zero-order valence-corrected chi connectivity index (χ0v) is 11.5. The van der Waals surface area contributed by atoms with Crippen LogP contribution in [0.15, 0.2) is 18.3 Å². The van der Waals surface area contributed by atoms with E-state index in [1.165, 1.54) is 6.07 Å². The van der Waals surface area contributed by atoms with E-state index in [2.05, 4.69) is 10.3 Å². The largest absolute Gasteiger partial charge is 0.433 e. The standard InChI is InChI=1S/C14H16F3N3O/c1-8-11-6-18-4-10(11)7-20(8)13(21)9-2-3-12(19-5-9)14(15,16)17/h2-3,5,8,10-11,18H,4,6-7H2,1H3. The molecule has 2 aliphatic heterocycles. The Hall–Kier alpha value is -1.63. The minimum Gasteiger partial charge on any atom is -0.335 e. The third-order valence-electron chi connectivity index (χ3n) is 4.50. The molecular formula is C14H16F3N3O. The summed E-state index contributed by atoms with van der Waals surface area (Å²) in [7, 11) is 0. The Bertz CT molecular complexity index is 543. The molecule has 3 heterocycles. The Balaban J connectivity index is 1.77. The Morgan fingerprint density at radius 2 is 2.14 bits per heavy atom. The summed E-state index contributed by atoms with van der Waals surface area (Å²) >= 11 is 0. The number of fused-ring (bicyclic) bond motifs is 1. The van der Waals surface area contributed by atoms with Crippen LogP contribution in [0.3, 0.4) is 0 Å². The number of aromatic nitrogens is 1. The highest BCUT2D eigenvalue weighted by molar-refractivity contribution is 5.94. The third-order valence-corrected chi connectivity index (χ3v) is 4.50. The predicted octanol–water partition coefficient (Wildman–Crippen LogP) is 1.78. The van der Waals surface area contributed by atoms with E-state index >= 15 is 0 Å². The van der Waals surface area contributed by atoms with Gasteiger partial charge in [-0.3, -0.25) is 9.78 Å². The number of likely N-dealkylation sites (tertiary alicyclic amines) is 1. The molecule has 1 amide bonds. The zero-order chi connectivity index (χ0) is 15.2. The van der Waals surface area contributed by atoms with Crippen molar-refractivity contribution in [2.24, 2.45) is 11.8 Å². The van der Waals surface area contributed by atoms with E-state index in [9.17, 15) is 18.0 Å². The smallest absolute Gasteiger partial charge is 0.335 e. The van der Waals surface area contributed by atoms with Gasteiger partial charge in [-0.25, -0.2) is 0 Å². The molecule has 114 valence electrons. The first kappa shape index (κ1) is 14.3. The van der Waals surface area contributed by atoms with E-state index in [4.69, 9.17) is 0 Å². The Labute approximate surface area is 120 Å². The predicted molar refractivity (Wildman–Crippen MR) is 69.6 cm³/mol. The number of alkyl halides is 3. The molecule has 0 spiro atoms. The second kappa shape index (κ2) is 4.98. The van der Waals surface area contributed by atoms with Gasteiger partial charge in [0.2, 0.25) is 0 Å². The molecule has 2 fully saturated rings. The average molecular weight is 299 g/mol. The topological polar surface area (TPSA) is 45.2 Å². The number of carbonyl (C=O) groups excluding carboxylic acids is 1. The van der Waals surface area contributed by atoms with Gasteiger partial charge in [-0.1, -0.05) is 0 Å². The molecule has 0 bridgehead atoms. The third kappa shape index (κ3) is 2.50. The van der Waals surface area contributed by atoms with Crippen LogP contribution in [-0.2, 0) is 6.18 Å². The highest BCUT2D eigenvalue weighted by Crippen LogP contribution is 2.33. The van der Waals surface area contributed by atoms with Crippen molar-refractivity contribution in [2.45, 2.75) is 19.1 Å². The van der Waals surface area contributed by atoms with Crippen molar-refractivity contribution in [3.05, 3.63) is 29.6 Å². The molecule has 1 N–H and O–H groups in total. The number of carbonyl (C=O) groups is 1. The van der Waals surface area contributed by atoms with Gasteiger partial charge in [0, 0.05) is 31.9 Å². The molecule has 3 rings (SSSR count). The molecule has 1 aromatic rings. The van der Waals surface area contributed by atoms with Gasteiger partial charge < -0.3 is 10.2 Å². The molecule has 21 heavy (non-hydrogen) atoms. The molecule has 3 unspecified atom stereocenters. The number of pyridine rings is 1. The van der Waals surface area contributed by atoms with Crippen LogP contribution in [0.4, 0.5) is 13.2 Å². The number of hydrogen-bond donors (Lipinski definition) is 1. The maximum absolute atomic E-state index is 12.5. The molecular weight excluding hydrogens is 283 g/mol. The van der Waals surface area contributed by atoms with Crippen LogP contribution in [0.1, 0.15) is 23.0 Å². The molecule has 0 saturated carbocycles. The molecule has 1 aromatic heterocycles. The van der Waals surface area contributed by atoms with Crippen LogP contribution in [0, 0.1) is 11.8 Å². The summed E-state index contributed by atoms with van der Waals surface area (Å²) in [5, 5.41) is 3.30. The minimum atomic E-state index is -4.48. The van der Waals surface area contributed by atoms with E-state index in [1.54, 1.807) is 4.90 Å². The summed E-state index contributed by atoms with van der Waals surface area (Å²) in [6, 6.07) is 2.16. The van der Waals surface area contributed by atoms with E-state index in [0.717, 1.165) is 25.4 Å². The number of halogens is 3. The van der Waals surface area contributed by atoms with E-state index in [1.807, 2.05) is 6.92 Å². The summed E-state index contributed by atoms with van der Waals surface area (Å²) in [5.74, 6) is 0.626. The van der Waals surface area contributed by atoms with Crippen molar-refractivity contribution in [2.75, 3.05) is 19.6 Å². The number of amides is 1. The van der Waals surface area contributed by atoms with Crippen LogP contribution in [0.5, 0.6) is 0 Å². The highest BCUT2D eigenvalue weighted by Gasteiger charge is 2.44. The minimum absolute atomic E-state index is 0.0970. The first-order valence-corrected chi connectivity index (χ1v) is 6.93. The van der Waals surface area contributed by atoms with Crippen LogP contribution >= 0.6 is 0 Å². The van der Waals surface area contributed by atoms with Gasteiger partial charge in [0.25, 0.3) is 5.91 Å². The molecule has 0 aliphatic carbocycles. The van der Waals surface area contributed by atoms with Crippen LogP contribution in [-0.4, -0.2) is 41.5 Å². The molecule has 0 aromatic carbocycles. The number of rotatable bonds is 1. The molecule has 4 nitrogen and oxygen atoms in total. The maximum atomic E-state index is 12.5. The quantitative estimate of drug-likeness (QED) is 0.860. The fourth-order valence-electron chi connectivity index (χ4n) is 3.29. The van der Waals surface area contributed by atoms with E-state index in [0.29, 0.717) is 18.4 Å². The molecule has 3 atom stereocenters. The van der Waals surface area contributed by atoms with Gasteiger partial charge in [-0.2, -0.15) is 13.2 Å². The Kier molecular flexibility index (Phi) is 3.39. The maximum Gasteiger partial charge on any atom is 0.433 e. The second-order valence-electron chi connectivity index (χ2n) is 5.71. The van der Waals surface area contributed by atoms with E-state index < -0.39 is 11.9 Å². The van der Waals surface area contributed by atoms with Gasteiger partial charge in [-0.15, -0.1) is 0 Å². The summed E-state index contributed by atoms with van der Waals surface area (Å²) in [4.78, 5) is 17.5. The molecule has 2 aliphatic rings. The van der Waals surface area contributed by atoms with Gasteiger partial charge >= 0.3 is 6.18 Å². The van der Waals surface area contributed by atoms with Crippen LogP contribution < -0.4 is 5.32 Å². The van der Waals surface area contributed by atoms with Crippen molar-refractivity contribution >= 4 is 5.91 Å². The number of hydrogen-bond acceptors (Lipinski definition) is 3. The van der Waals surface area contributed by atoms with Gasteiger partial charge in [0.1, 0.15) is 5.69 Å². The Morgan fingerprint density at radius 1 is 1.38 bits per heavy atom. The van der Waals surface area contributed by atoms with Crippen molar-refractivity contribution in [1.82, 2.24) is 15.2 Å². The average Bonchev–Trinajstić information content (AvgIpc) is 3.01. The van der Waals surface area contributed by atoms with Crippen molar-refractivity contribution in [1.29, 1.82) is 0 Å². The van der Waals surface area contributed by atoms with Gasteiger partial charge in [-0.05, 0) is 30.9 Å². The normalized spacial score (nSPS) is 28.8. The SMILES string of the molecule is CC1C2CNCC2CN1C(=O)c1ccc(C(F)(F)F)nc1. The number of nitrogens with zero attached hydrogens (tertiary/aromatic N) is 2. The first-order chi connectivity index (χ1) is 9.88. The summed E-state index contributed by atoms with van der Waals surface area (Å²) < 4.78 is 37.4. The van der Waals surface area contributed by atoms with Crippen LogP contribution in [0.25, 0.3) is 0 Å². The summed E-state index contributed by atoms with van der Waals surface area (Å²) in [5.41, 5.74) is -0.766. The fourth-order valence-corrected chi connectivity index (χ4v) is 3.29. The summed E-state index contributed by atoms with van der Waals surface area (Å²) in [6.45, 7) is 4.43. The lowest BCUT2D eigenvalue weighted by atomic mass is 9.95. The Morgan fingerprint density at radius 3 is 2.71 bits per heavy atom. The zero-order valence-electron chi connectivity index (χ0n) is 11.5. The lowest BCUT2D eigenvalue weighted by Crippen LogP contribution is -2.38. The second-order valence-corrected chi connectivity index (χ2v) is 5.71. The number of nitrogens with one attached hydrogen (secondary N) is 1. The van der Waals surface area contributed by atoms with Crippen LogP contribution in [0.2, 0.25) is 0 Å².